The van der Waals surface area contributed by atoms with Gasteiger partial charge in [0.2, 0.25) is 0 Å². The van der Waals surface area contributed by atoms with E-state index in [2.05, 4.69) is 20.4 Å². The molecule has 0 aliphatic carbocycles. The number of aromatic amines is 1. The summed E-state index contributed by atoms with van der Waals surface area (Å²) >= 11 is 0. The van der Waals surface area contributed by atoms with Gasteiger partial charge >= 0.3 is 0 Å². The predicted octanol–water partition coefficient (Wildman–Crippen LogP) is 2.98. The summed E-state index contributed by atoms with van der Waals surface area (Å²) in [6.45, 7) is 3.92. The number of fused-ring (bicyclic) bond motifs is 1. The molecule has 4 aromatic rings. The molecule has 1 amide bonds. The standard InChI is InChI=1S/C20H17N5O2/c1-12-9-13(2)25(24-12)16-6-3-14(4-7-16)19(26)23-15-5-8-18-17(10-15)20(27)22-11-21-18/h3-11H,1-2H3,(H,23,26)(H,21,22,27). The summed E-state index contributed by atoms with van der Waals surface area (Å²) < 4.78 is 1.83. The second-order valence-electron chi connectivity index (χ2n) is 6.30. The van der Waals surface area contributed by atoms with E-state index in [0.29, 0.717) is 22.2 Å². The molecular weight excluding hydrogens is 342 g/mol. The number of aromatic nitrogens is 4. The molecule has 0 atom stereocenters. The molecule has 0 aliphatic heterocycles. The van der Waals surface area contributed by atoms with Crippen LogP contribution in [0.3, 0.4) is 0 Å². The van der Waals surface area contributed by atoms with Crippen molar-refractivity contribution in [3.05, 3.63) is 82.2 Å². The number of nitrogens with zero attached hydrogens (tertiary/aromatic N) is 3. The van der Waals surface area contributed by atoms with Gasteiger partial charge in [0, 0.05) is 16.9 Å². The highest BCUT2D eigenvalue weighted by Gasteiger charge is 2.09. The van der Waals surface area contributed by atoms with Crippen LogP contribution in [0, 0.1) is 13.8 Å². The Morgan fingerprint density at radius 1 is 1.07 bits per heavy atom. The number of aryl methyl sites for hydroxylation is 2. The van der Waals surface area contributed by atoms with E-state index in [0.717, 1.165) is 17.1 Å². The maximum Gasteiger partial charge on any atom is 0.258 e. The van der Waals surface area contributed by atoms with Crippen molar-refractivity contribution in [2.45, 2.75) is 13.8 Å². The van der Waals surface area contributed by atoms with Crippen molar-refractivity contribution < 1.29 is 4.79 Å². The van der Waals surface area contributed by atoms with Crippen LogP contribution in [-0.2, 0) is 0 Å². The molecule has 2 N–H and O–H groups in total. The molecule has 0 saturated heterocycles. The van der Waals surface area contributed by atoms with E-state index >= 15 is 0 Å². The summed E-state index contributed by atoms with van der Waals surface area (Å²) in [5.74, 6) is -0.255. The average molecular weight is 359 g/mol. The van der Waals surface area contributed by atoms with Gasteiger partial charge in [-0.25, -0.2) is 9.67 Å². The normalized spacial score (nSPS) is 10.9. The predicted molar refractivity (Wildman–Crippen MR) is 103 cm³/mol. The first-order valence-corrected chi connectivity index (χ1v) is 8.44. The fraction of sp³-hybridized carbons (Fsp3) is 0.100. The molecule has 2 aromatic heterocycles. The molecule has 0 radical (unpaired) electrons. The van der Waals surface area contributed by atoms with Crippen LogP contribution in [0.25, 0.3) is 16.6 Å². The van der Waals surface area contributed by atoms with Gasteiger partial charge in [-0.1, -0.05) is 0 Å². The third-order valence-corrected chi connectivity index (χ3v) is 4.28. The number of amides is 1. The van der Waals surface area contributed by atoms with Crippen LogP contribution in [0.1, 0.15) is 21.7 Å². The highest BCUT2D eigenvalue weighted by molar-refractivity contribution is 6.05. The maximum atomic E-state index is 12.5. The fourth-order valence-corrected chi connectivity index (χ4v) is 2.99. The van der Waals surface area contributed by atoms with Crippen LogP contribution in [0.5, 0.6) is 0 Å². The zero-order valence-corrected chi connectivity index (χ0v) is 14.9. The quantitative estimate of drug-likeness (QED) is 0.588. The third kappa shape index (κ3) is 3.22. The number of benzene rings is 2. The summed E-state index contributed by atoms with van der Waals surface area (Å²) in [6.07, 6.45) is 1.35. The molecule has 0 saturated carbocycles. The van der Waals surface area contributed by atoms with Crippen LogP contribution in [0.2, 0.25) is 0 Å². The summed E-state index contributed by atoms with van der Waals surface area (Å²) in [4.78, 5) is 31.0. The monoisotopic (exact) mass is 359 g/mol. The minimum Gasteiger partial charge on any atom is -0.322 e. The van der Waals surface area contributed by atoms with Gasteiger partial charge in [-0.05, 0) is 62.4 Å². The lowest BCUT2D eigenvalue weighted by molar-refractivity contribution is 0.102. The minimum absolute atomic E-state index is 0.245. The van der Waals surface area contributed by atoms with E-state index in [4.69, 9.17) is 0 Å². The Balaban J connectivity index is 1.57. The van der Waals surface area contributed by atoms with Crippen molar-refractivity contribution in [3.63, 3.8) is 0 Å². The average Bonchev–Trinajstić information content (AvgIpc) is 3.01. The number of H-pyrrole nitrogens is 1. The number of anilines is 1. The first-order chi connectivity index (χ1) is 13.0. The van der Waals surface area contributed by atoms with Crippen LogP contribution in [0.15, 0.2) is 59.7 Å². The molecule has 0 fully saturated rings. The Labute approximate surface area is 154 Å². The van der Waals surface area contributed by atoms with Gasteiger partial charge in [-0.3, -0.25) is 9.59 Å². The maximum absolute atomic E-state index is 12.5. The van der Waals surface area contributed by atoms with Crippen molar-refractivity contribution >= 4 is 22.5 Å². The van der Waals surface area contributed by atoms with Gasteiger partial charge in [0.1, 0.15) is 0 Å². The lowest BCUT2D eigenvalue weighted by Gasteiger charge is -2.08. The zero-order chi connectivity index (χ0) is 19.0. The first kappa shape index (κ1) is 16.7. The van der Waals surface area contributed by atoms with Gasteiger partial charge in [0.05, 0.1) is 28.6 Å². The molecule has 2 aromatic carbocycles. The Kier molecular flexibility index (Phi) is 4.04. The summed E-state index contributed by atoms with van der Waals surface area (Å²) in [7, 11) is 0. The number of carbonyl (C=O) groups excluding carboxylic acids is 1. The molecule has 0 unspecified atom stereocenters. The Bertz CT molecular complexity index is 1210. The molecule has 0 aliphatic rings. The van der Waals surface area contributed by atoms with Gasteiger partial charge in [0.25, 0.3) is 11.5 Å². The highest BCUT2D eigenvalue weighted by atomic mass is 16.1. The number of carbonyl (C=O) groups is 1. The van der Waals surface area contributed by atoms with Gasteiger partial charge in [0.15, 0.2) is 0 Å². The van der Waals surface area contributed by atoms with E-state index < -0.39 is 0 Å². The molecule has 7 heteroatoms. The molecule has 134 valence electrons. The van der Waals surface area contributed by atoms with Crippen molar-refractivity contribution in [2.24, 2.45) is 0 Å². The van der Waals surface area contributed by atoms with E-state index in [1.807, 2.05) is 36.7 Å². The molecule has 0 spiro atoms. The lowest BCUT2D eigenvalue weighted by atomic mass is 10.1. The number of rotatable bonds is 3. The topological polar surface area (TPSA) is 92.7 Å². The van der Waals surface area contributed by atoms with Gasteiger partial charge in [-0.15, -0.1) is 0 Å². The van der Waals surface area contributed by atoms with Crippen LogP contribution >= 0.6 is 0 Å². The fourth-order valence-electron chi connectivity index (χ4n) is 2.99. The minimum atomic E-state index is -0.255. The first-order valence-electron chi connectivity index (χ1n) is 8.44. The number of hydrogen-bond donors (Lipinski definition) is 2. The molecule has 0 bridgehead atoms. The summed E-state index contributed by atoms with van der Waals surface area (Å²) in [6, 6.07) is 14.2. The van der Waals surface area contributed by atoms with Crippen molar-refractivity contribution in [1.82, 2.24) is 19.7 Å². The second-order valence-corrected chi connectivity index (χ2v) is 6.30. The van der Waals surface area contributed by atoms with Crippen molar-refractivity contribution in [1.29, 1.82) is 0 Å². The molecule has 7 nitrogen and oxygen atoms in total. The Hall–Kier alpha value is -3.74. The lowest BCUT2D eigenvalue weighted by Crippen LogP contribution is -2.13. The van der Waals surface area contributed by atoms with E-state index in [1.165, 1.54) is 6.33 Å². The Morgan fingerprint density at radius 3 is 2.56 bits per heavy atom. The Morgan fingerprint density at radius 2 is 1.85 bits per heavy atom. The largest absolute Gasteiger partial charge is 0.322 e. The van der Waals surface area contributed by atoms with Crippen LogP contribution in [-0.4, -0.2) is 25.7 Å². The third-order valence-electron chi connectivity index (χ3n) is 4.28. The SMILES string of the molecule is Cc1cc(C)n(-c2ccc(C(=O)Nc3ccc4nc[nH]c(=O)c4c3)cc2)n1. The molecule has 2 heterocycles. The smallest absolute Gasteiger partial charge is 0.258 e. The number of hydrogen-bond acceptors (Lipinski definition) is 4. The van der Waals surface area contributed by atoms with Crippen LogP contribution in [0.4, 0.5) is 5.69 Å². The van der Waals surface area contributed by atoms with E-state index in [1.54, 1.807) is 30.3 Å². The van der Waals surface area contributed by atoms with Crippen molar-refractivity contribution in [2.75, 3.05) is 5.32 Å². The summed E-state index contributed by atoms with van der Waals surface area (Å²) in [5.41, 5.74) is 4.24. The summed E-state index contributed by atoms with van der Waals surface area (Å²) in [5, 5.41) is 7.67. The van der Waals surface area contributed by atoms with E-state index in [-0.39, 0.29) is 11.5 Å². The second kappa shape index (κ2) is 6.53. The number of nitrogens with one attached hydrogen (secondary N) is 2. The van der Waals surface area contributed by atoms with Gasteiger partial charge in [-0.2, -0.15) is 5.10 Å². The van der Waals surface area contributed by atoms with E-state index in [9.17, 15) is 9.59 Å². The molecular formula is C20H17N5O2. The van der Waals surface area contributed by atoms with Gasteiger partial charge < -0.3 is 10.3 Å². The zero-order valence-electron chi connectivity index (χ0n) is 14.9. The molecule has 27 heavy (non-hydrogen) atoms. The highest BCUT2D eigenvalue weighted by Crippen LogP contribution is 2.17. The molecule has 4 rings (SSSR count). The van der Waals surface area contributed by atoms with Crippen LogP contribution < -0.4 is 10.9 Å². The van der Waals surface area contributed by atoms with Crippen molar-refractivity contribution in [3.8, 4) is 5.69 Å².